The number of carbonyl (C=O) groups excluding carboxylic acids is 1. The van der Waals surface area contributed by atoms with Crippen LogP contribution < -0.4 is 15.4 Å². The number of carbonyl (C=O) groups is 1. The van der Waals surface area contributed by atoms with Gasteiger partial charge in [-0.1, -0.05) is 25.3 Å². The molecular formula is C17H25BrN2O2. The van der Waals surface area contributed by atoms with Crippen molar-refractivity contribution in [2.24, 2.45) is 0 Å². The summed E-state index contributed by atoms with van der Waals surface area (Å²) in [5, 5.41) is 6.40. The summed E-state index contributed by atoms with van der Waals surface area (Å²) in [6.07, 6.45) is 6.00. The summed E-state index contributed by atoms with van der Waals surface area (Å²) in [5.74, 6) is 0.900. The van der Waals surface area contributed by atoms with Gasteiger partial charge in [0.2, 0.25) is 5.91 Å². The van der Waals surface area contributed by atoms with Gasteiger partial charge in [-0.2, -0.15) is 0 Å². The van der Waals surface area contributed by atoms with Crippen LogP contribution >= 0.6 is 15.9 Å². The van der Waals surface area contributed by atoms with Crippen molar-refractivity contribution in [1.82, 2.24) is 10.6 Å². The third kappa shape index (κ3) is 4.99. The third-order valence-electron chi connectivity index (χ3n) is 4.21. The Kier molecular flexibility index (Phi) is 6.70. The zero-order valence-electron chi connectivity index (χ0n) is 13.3. The fraction of sp³-hybridized carbons (Fsp3) is 0.588. The Balaban J connectivity index is 1.80. The predicted octanol–water partition coefficient (Wildman–Crippen LogP) is 3.56. The molecule has 2 rings (SSSR count). The molecule has 1 aromatic carbocycles. The molecule has 22 heavy (non-hydrogen) atoms. The molecule has 4 nitrogen and oxygen atoms in total. The van der Waals surface area contributed by atoms with Crippen molar-refractivity contribution in [2.75, 3.05) is 13.7 Å². The Labute approximate surface area is 141 Å². The lowest BCUT2D eigenvalue weighted by Gasteiger charge is -2.23. The molecule has 1 amide bonds. The Morgan fingerprint density at radius 1 is 1.36 bits per heavy atom. The first-order chi connectivity index (χ1) is 10.6. The summed E-state index contributed by atoms with van der Waals surface area (Å²) in [6.45, 7) is 2.41. The molecule has 0 bridgehead atoms. The molecule has 0 aromatic heterocycles. The Morgan fingerprint density at radius 2 is 2.09 bits per heavy atom. The van der Waals surface area contributed by atoms with E-state index in [0.717, 1.165) is 28.6 Å². The van der Waals surface area contributed by atoms with Gasteiger partial charge in [0.15, 0.2) is 0 Å². The van der Waals surface area contributed by atoms with Crippen LogP contribution in [0.15, 0.2) is 22.7 Å². The maximum Gasteiger partial charge on any atom is 0.234 e. The molecule has 0 saturated heterocycles. The van der Waals surface area contributed by atoms with Gasteiger partial charge in [0.05, 0.1) is 18.1 Å². The van der Waals surface area contributed by atoms with Gasteiger partial charge < -0.3 is 15.4 Å². The normalized spacial score (nSPS) is 17.0. The van der Waals surface area contributed by atoms with E-state index in [2.05, 4.69) is 33.5 Å². The number of hydrogen-bond acceptors (Lipinski definition) is 3. The van der Waals surface area contributed by atoms with Crippen LogP contribution in [0, 0.1) is 0 Å². The average Bonchev–Trinajstić information content (AvgIpc) is 2.53. The van der Waals surface area contributed by atoms with E-state index in [-0.39, 0.29) is 11.9 Å². The first kappa shape index (κ1) is 17.3. The molecule has 1 atom stereocenters. The molecule has 0 aliphatic heterocycles. The van der Waals surface area contributed by atoms with E-state index in [9.17, 15) is 4.79 Å². The minimum atomic E-state index is 0.0892. The molecule has 1 aromatic rings. The van der Waals surface area contributed by atoms with Crippen molar-refractivity contribution in [2.45, 2.75) is 51.1 Å². The van der Waals surface area contributed by atoms with Gasteiger partial charge in [0.25, 0.3) is 0 Å². The van der Waals surface area contributed by atoms with Crippen LogP contribution in [-0.2, 0) is 4.79 Å². The molecule has 122 valence electrons. The second kappa shape index (κ2) is 8.53. The van der Waals surface area contributed by atoms with Crippen molar-refractivity contribution < 1.29 is 9.53 Å². The summed E-state index contributed by atoms with van der Waals surface area (Å²) in [6, 6.07) is 6.45. The van der Waals surface area contributed by atoms with Crippen LogP contribution in [0.3, 0.4) is 0 Å². The van der Waals surface area contributed by atoms with Crippen molar-refractivity contribution in [3.8, 4) is 5.75 Å². The van der Waals surface area contributed by atoms with Crippen LogP contribution in [0.25, 0.3) is 0 Å². The molecule has 0 spiro atoms. The minimum Gasteiger partial charge on any atom is -0.496 e. The molecule has 1 saturated carbocycles. The smallest absolute Gasteiger partial charge is 0.234 e. The fourth-order valence-electron chi connectivity index (χ4n) is 2.84. The van der Waals surface area contributed by atoms with E-state index in [0.29, 0.717) is 12.6 Å². The minimum absolute atomic E-state index is 0.0892. The van der Waals surface area contributed by atoms with E-state index >= 15 is 0 Å². The highest BCUT2D eigenvalue weighted by Gasteiger charge is 2.16. The molecule has 0 radical (unpaired) electrons. The third-order valence-corrected chi connectivity index (χ3v) is 4.83. The quantitative estimate of drug-likeness (QED) is 0.806. The van der Waals surface area contributed by atoms with Crippen LogP contribution in [0.2, 0.25) is 0 Å². The van der Waals surface area contributed by atoms with E-state index in [4.69, 9.17) is 4.74 Å². The fourth-order valence-corrected chi connectivity index (χ4v) is 3.40. The molecule has 1 fully saturated rings. The van der Waals surface area contributed by atoms with Gasteiger partial charge in [0.1, 0.15) is 5.75 Å². The highest BCUT2D eigenvalue weighted by atomic mass is 79.9. The summed E-state index contributed by atoms with van der Waals surface area (Å²) >= 11 is 3.49. The Morgan fingerprint density at radius 3 is 2.73 bits per heavy atom. The number of nitrogens with one attached hydrogen (secondary N) is 2. The van der Waals surface area contributed by atoms with Gasteiger partial charge >= 0.3 is 0 Å². The summed E-state index contributed by atoms with van der Waals surface area (Å²) < 4.78 is 6.15. The lowest BCUT2D eigenvalue weighted by atomic mass is 9.95. The first-order valence-electron chi connectivity index (χ1n) is 7.96. The van der Waals surface area contributed by atoms with Crippen LogP contribution in [0.5, 0.6) is 5.75 Å². The number of amides is 1. The number of rotatable bonds is 6. The maximum atomic E-state index is 12.0. The number of hydrogen-bond donors (Lipinski definition) is 2. The van der Waals surface area contributed by atoms with E-state index in [1.165, 1.54) is 19.3 Å². The summed E-state index contributed by atoms with van der Waals surface area (Å²) in [4.78, 5) is 12.0. The second-order valence-electron chi connectivity index (χ2n) is 5.90. The number of halogens is 1. The van der Waals surface area contributed by atoms with Crippen molar-refractivity contribution in [3.63, 3.8) is 0 Å². The molecule has 1 aliphatic carbocycles. The van der Waals surface area contributed by atoms with E-state index < -0.39 is 0 Å². The summed E-state index contributed by atoms with van der Waals surface area (Å²) in [7, 11) is 1.65. The molecule has 0 heterocycles. The predicted molar refractivity (Wildman–Crippen MR) is 92.1 cm³/mol. The molecule has 2 N–H and O–H groups in total. The highest BCUT2D eigenvalue weighted by Crippen LogP contribution is 2.27. The number of methoxy groups -OCH3 is 1. The highest BCUT2D eigenvalue weighted by molar-refractivity contribution is 9.10. The van der Waals surface area contributed by atoms with Crippen LogP contribution in [-0.4, -0.2) is 25.6 Å². The largest absolute Gasteiger partial charge is 0.496 e. The molecule has 5 heteroatoms. The van der Waals surface area contributed by atoms with E-state index in [1.807, 2.05) is 18.2 Å². The topological polar surface area (TPSA) is 50.4 Å². The second-order valence-corrected chi connectivity index (χ2v) is 6.75. The van der Waals surface area contributed by atoms with Crippen molar-refractivity contribution >= 4 is 21.8 Å². The summed E-state index contributed by atoms with van der Waals surface area (Å²) in [5.41, 5.74) is 1.12. The van der Waals surface area contributed by atoms with Crippen molar-refractivity contribution in [3.05, 3.63) is 28.2 Å². The molecule has 1 aliphatic rings. The Hall–Kier alpha value is -1.07. The molecule has 0 unspecified atom stereocenters. The Bertz CT molecular complexity index is 501. The number of benzene rings is 1. The van der Waals surface area contributed by atoms with Gasteiger partial charge in [-0.05, 0) is 53.4 Å². The SMILES string of the molecule is COc1ccc([C@H](C)NCC(=O)NC2CCCCC2)cc1Br. The zero-order chi connectivity index (χ0) is 15.9. The number of ether oxygens (including phenoxy) is 1. The van der Waals surface area contributed by atoms with Crippen LogP contribution in [0.1, 0.15) is 50.6 Å². The first-order valence-corrected chi connectivity index (χ1v) is 8.75. The van der Waals surface area contributed by atoms with Gasteiger partial charge in [0, 0.05) is 12.1 Å². The average molecular weight is 369 g/mol. The standard InChI is InChI=1S/C17H25BrN2O2/c1-12(13-8-9-16(22-2)15(18)10-13)19-11-17(21)20-14-6-4-3-5-7-14/h8-10,12,14,19H,3-7,11H2,1-2H3,(H,20,21)/t12-/m0/s1. The van der Waals surface area contributed by atoms with Gasteiger partial charge in [-0.25, -0.2) is 0 Å². The van der Waals surface area contributed by atoms with Gasteiger partial charge in [-0.3, -0.25) is 4.79 Å². The lowest BCUT2D eigenvalue weighted by Crippen LogP contribution is -2.41. The van der Waals surface area contributed by atoms with Gasteiger partial charge in [-0.15, -0.1) is 0 Å². The van der Waals surface area contributed by atoms with Crippen LogP contribution in [0.4, 0.5) is 0 Å². The monoisotopic (exact) mass is 368 g/mol. The zero-order valence-corrected chi connectivity index (χ0v) is 14.9. The van der Waals surface area contributed by atoms with Crippen molar-refractivity contribution in [1.29, 1.82) is 0 Å². The maximum absolute atomic E-state index is 12.0. The molecular weight excluding hydrogens is 344 g/mol. The lowest BCUT2D eigenvalue weighted by molar-refractivity contribution is -0.121. The van der Waals surface area contributed by atoms with E-state index in [1.54, 1.807) is 7.11 Å².